The quantitative estimate of drug-likeness (QED) is 0.857. The summed E-state index contributed by atoms with van der Waals surface area (Å²) in [6.07, 6.45) is 2.09. The summed E-state index contributed by atoms with van der Waals surface area (Å²) in [6, 6.07) is 5.93. The van der Waals surface area contributed by atoms with E-state index in [2.05, 4.69) is 36.3 Å². The van der Waals surface area contributed by atoms with Crippen LogP contribution < -0.4 is 5.73 Å². The topological polar surface area (TPSA) is 69.6 Å². The molecule has 0 amide bonds. The van der Waals surface area contributed by atoms with Gasteiger partial charge < -0.3 is 5.73 Å². The number of benzene rings is 1. The molecule has 0 radical (unpaired) electrons. The van der Waals surface area contributed by atoms with Crippen LogP contribution in [-0.2, 0) is 5.54 Å². The minimum atomic E-state index is -0.121. The summed E-state index contributed by atoms with van der Waals surface area (Å²) < 4.78 is 1.88. The molecular formula is C14H21N5. The largest absolute Gasteiger partial charge is 0.398 e. The SMILES string of the molecule is CCCC(C)(C)n1nnnc1-c1cccc(C)c1N. The molecule has 1 aromatic heterocycles. The standard InChI is InChI=1S/C14H21N5/c1-5-9-14(3,4)19-13(16-17-18-19)11-8-6-7-10(2)12(11)15/h6-8H,5,9,15H2,1-4H3. The highest BCUT2D eigenvalue weighted by Gasteiger charge is 2.25. The molecule has 0 atom stereocenters. The van der Waals surface area contributed by atoms with Gasteiger partial charge in [-0.2, -0.15) is 0 Å². The van der Waals surface area contributed by atoms with Crippen LogP contribution in [0.2, 0.25) is 0 Å². The Balaban J connectivity index is 2.53. The summed E-state index contributed by atoms with van der Waals surface area (Å²) in [5, 5.41) is 12.1. The van der Waals surface area contributed by atoms with E-state index >= 15 is 0 Å². The smallest absolute Gasteiger partial charge is 0.184 e. The summed E-state index contributed by atoms with van der Waals surface area (Å²) in [7, 11) is 0. The number of nitrogen functional groups attached to an aromatic ring is 1. The summed E-state index contributed by atoms with van der Waals surface area (Å²) in [6.45, 7) is 8.43. The van der Waals surface area contributed by atoms with Crippen LogP contribution in [0.1, 0.15) is 39.2 Å². The molecule has 0 bridgehead atoms. The molecule has 102 valence electrons. The molecule has 0 saturated carbocycles. The predicted molar refractivity (Wildman–Crippen MR) is 76.6 cm³/mol. The van der Waals surface area contributed by atoms with Gasteiger partial charge in [0.15, 0.2) is 5.82 Å². The lowest BCUT2D eigenvalue weighted by Gasteiger charge is -2.25. The molecule has 0 aliphatic heterocycles. The third-order valence-electron chi connectivity index (χ3n) is 3.47. The highest BCUT2D eigenvalue weighted by molar-refractivity contribution is 5.74. The van der Waals surface area contributed by atoms with Crippen LogP contribution in [-0.4, -0.2) is 20.2 Å². The monoisotopic (exact) mass is 259 g/mol. The van der Waals surface area contributed by atoms with Gasteiger partial charge in [-0.1, -0.05) is 25.5 Å². The van der Waals surface area contributed by atoms with Gasteiger partial charge in [-0.3, -0.25) is 0 Å². The Morgan fingerprint density at radius 1 is 1.32 bits per heavy atom. The molecule has 5 heteroatoms. The lowest BCUT2D eigenvalue weighted by molar-refractivity contribution is 0.290. The van der Waals surface area contributed by atoms with Crippen molar-refractivity contribution in [2.45, 2.75) is 46.1 Å². The summed E-state index contributed by atoms with van der Waals surface area (Å²) in [5.41, 5.74) is 8.71. The molecule has 1 heterocycles. The predicted octanol–water partition coefficient (Wildman–Crippen LogP) is 2.77. The summed E-state index contributed by atoms with van der Waals surface area (Å²) in [5.74, 6) is 0.736. The van der Waals surface area contributed by atoms with Crippen molar-refractivity contribution in [2.75, 3.05) is 5.73 Å². The molecule has 0 aliphatic carbocycles. The molecule has 2 rings (SSSR count). The van der Waals surface area contributed by atoms with Crippen molar-refractivity contribution in [1.29, 1.82) is 0 Å². The minimum absolute atomic E-state index is 0.121. The zero-order valence-corrected chi connectivity index (χ0v) is 12.0. The average Bonchev–Trinajstić information content (AvgIpc) is 2.82. The van der Waals surface area contributed by atoms with Gasteiger partial charge in [-0.25, -0.2) is 4.68 Å². The van der Waals surface area contributed by atoms with Crippen molar-refractivity contribution in [3.05, 3.63) is 23.8 Å². The van der Waals surface area contributed by atoms with Gasteiger partial charge in [0.1, 0.15) is 0 Å². The second kappa shape index (κ2) is 4.99. The van der Waals surface area contributed by atoms with Crippen LogP contribution in [0.5, 0.6) is 0 Å². The molecule has 0 fully saturated rings. The molecule has 0 spiro atoms. The Labute approximate surface area is 113 Å². The molecular weight excluding hydrogens is 238 g/mol. The Kier molecular flexibility index (Phi) is 3.55. The number of para-hydroxylation sites is 1. The van der Waals surface area contributed by atoms with E-state index in [4.69, 9.17) is 5.73 Å². The fraction of sp³-hybridized carbons (Fsp3) is 0.500. The third kappa shape index (κ3) is 2.45. The number of anilines is 1. The van der Waals surface area contributed by atoms with Crippen LogP contribution in [0.15, 0.2) is 18.2 Å². The Morgan fingerprint density at radius 3 is 2.74 bits per heavy atom. The maximum absolute atomic E-state index is 6.15. The normalized spacial score (nSPS) is 11.8. The average molecular weight is 259 g/mol. The molecule has 5 nitrogen and oxygen atoms in total. The van der Waals surface area contributed by atoms with E-state index in [9.17, 15) is 0 Å². The van der Waals surface area contributed by atoms with Crippen LogP contribution in [0.4, 0.5) is 5.69 Å². The molecule has 19 heavy (non-hydrogen) atoms. The number of hydrogen-bond donors (Lipinski definition) is 1. The van der Waals surface area contributed by atoms with E-state index in [1.165, 1.54) is 0 Å². The number of aryl methyl sites for hydroxylation is 1. The highest BCUT2D eigenvalue weighted by Crippen LogP contribution is 2.30. The zero-order chi connectivity index (χ0) is 14.0. The fourth-order valence-corrected chi connectivity index (χ4v) is 2.36. The number of rotatable bonds is 4. The summed E-state index contributed by atoms with van der Waals surface area (Å²) in [4.78, 5) is 0. The third-order valence-corrected chi connectivity index (χ3v) is 3.47. The van der Waals surface area contributed by atoms with E-state index in [1.54, 1.807) is 0 Å². The fourth-order valence-electron chi connectivity index (χ4n) is 2.36. The Morgan fingerprint density at radius 2 is 2.05 bits per heavy atom. The van der Waals surface area contributed by atoms with Gasteiger partial charge >= 0.3 is 0 Å². The first-order chi connectivity index (χ1) is 8.97. The van der Waals surface area contributed by atoms with Crippen molar-refractivity contribution in [2.24, 2.45) is 0 Å². The van der Waals surface area contributed by atoms with Gasteiger partial charge in [0, 0.05) is 11.3 Å². The first-order valence-corrected chi connectivity index (χ1v) is 6.61. The molecule has 0 aliphatic rings. The molecule has 1 aromatic carbocycles. The van der Waals surface area contributed by atoms with Crippen LogP contribution in [0.25, 0.3) is 11.4 Å². The van der Waals surface area contributed by atoms with E-state index in [0.717, 1.165) is 35.5 Å². The zero-order valence-electron chi connectivity index (χ0n) is 12.0. The molecule has 0 saturated heterocycles. The van der Waals surface area contributed by atoms with E-state index < -0.39 is 0 Å². The minimum Gasteiger partial charge on any atom is -0.398 e. The lowest BCUT2D eigenvalue weighted by atomic mass is 9.98. The number of nitrogens with two attached hydrogens (primary N) is 1. The van der Waals surface area contributed by atoms with Crippen molar-refractivity contribution in [1.82, 2.24) is 20.2 Å². The number of tetrazole rings is 1. The van der Waals surface area contributed by atoms with Crippen molar-refractivity contribution >= 4 is 5.69 Å². The van der Waals surface area contributed by atoms with Crippen LogP contribution >= 0.6 is 0 Å². The lowest BCUT2D eigenvalue weighted by Crippen LogP contribution is -2.28. The van der Waals surface area contributed by atoms with Crippen molar-refractivity contribution in [3.8, 4) is 11.4 Å². The van der Waals surface area contributed by atoms with Gasteiger partial charge in [-0.15, -0.1) is 5.10 Å². The van der Waals surface area contributed by atoms with Gasteiger partial charge in [0.05, 0.1) is 5.54 Å². The molecule has 2 aromatic rings. The Bertz CT molecular complexity index is 571. The second-order valence-electron chi connectivity index (χ2n) is 5.51. The summed E-state index contributed by atoms with van der Waals surface area (Å²) >= 11 is 0. The van der Waals surface area contributed by atoms with E-state index in [-0.39, 0.29) is 5.54 Å². The number of aromatic nitrogens is 4. The van der Waals surface area contributed by atoms with E-state index in [1.807, 2.05) is 29.8 Å². The molecule has 2 N–H and O–H groups in total. The van der Waals surface area contributed by atoms with E-state index in [0.29, 0.717) is 0 Å². The van der Waals surface area contributed by atoms with Crippen molar-refractivity contribution < 1.29 is 0 Å². The second-order valence-corrected chi connectivity index (χ2v) is 5.51. The maximum Gasteiger partial charge on any atom is 0.184 e. The van der Waals surface area contributed by atoms with Gasteiger partial charge in [0.25, 0.3) is 0 Å². The molecule has 0 unspecified atom stereocenters. The van der Waals surface area contributed by atoms with Crippen molar-refractivity contribution in [3.63, 3.8) is 0 Å². The maximum atomic E-state index is 6.15. The van der Waals surface area contributed by atoms with Crippen LogP contribution in [0, 0.1) is 6.92 Å². The van der Waals surface area contributed by atoms with Gasteiger partial charge in [-0.05, 0) is 49.2 Å². The highest BCUT2D eigenvalue weighted by atomic mass is 15.6. The number of nitrogens with zero attached hydrogens (tertiary/aromatic N) is 4. The van der Waals surface area contributed by atoms with Gasteiger partial charge in [0.2, 0.25) is 0 Å². The Hall–Kier alpha value is -1.91. The van der Waals surface area contributed by atoms with Crippen LogP contribution in [0.3, 0.4) is 0 Å². The first-order valence-electron chi connectivity index (χ1n) is 6.61. The number of hydrogen-bond acceptors (Lipinski definition) is 4. The first kappa shape index (κ1) is 13.5.